The van der Waals surface area contributed by atoms with Crippen LogP contribution in [0, 0.1) is 5.92 Å². The first-order valence-electron chi connectivity index (χ1n) is 6.14. The lowest BCUT2D eigenvalue weighted by Gasteiger charge is -2.21. The Morgan fingerprint density at radius 1 is 1.41 bits per heavy atom. The molecule has 5 nitrogen and oxygen atoms in total. The van der Waals surface area contributed by atoms with Gasteiger partial charge in [0.05, 0.1) is 7.11 Å². The highest BCUT2D eigenvalue weighted by molar-refractivity contribution is 5.43. The van der Waals surface area contributed by atoms with Gasteiger partial charge in [0.2, 0.25) is 11.8 Å². The summed E-state index contributed by atoms with van der Waals surface area (Å²) in [6.07, 6.45) is 5.27. The van der Waals surface area contributed by atoms with Gasteiger partial charge in [0.1, 0.15) is 5.82 Å². The van der Waals surface area contributed by atoms with Gasteiger partial charge < -0.3 is 15.8 Å². The van der Waals surface area contributed by atoms with Gasteiger partial charge in [-0.25, -0.2) is 0 Å². The first-order valence-corrected chi connectivity index (χ1v) is 6.14. The van der Waals surface area contributed by atoms with Crippen LogP contribution in [0.15, 0.2) is 6.07 Å². The molecular formula is C12H20N4O. The van der Waals surface area contributed by atoms with Crippen LogP contribution in [0.5, 0.6) is 5.88 Å². The summed E-state index contributed by atoms with van der Waals surface area (Å²) in [6, 6.07) is 2.19. The van der Waals surface area contributed by atoms with Gasteiger partial charge >= 0.3 is 0 Å². The number of hydrogen-bond donors (Lipinski definition) is 2. The first kappa shape index (κ1) is 12.0. The number of rotatable bonds is 4. The van der Waals surface area contributed by atoms with E-state index < -0.39 is 0 Å². The largest absolute Gasteiger partial charge is 0.481 e. The molecule has 1 unspecified atom stereocenters. The second-order valence-electron chi connectivity index (χ2n) is 4.63. The Morgan fingerprint density at radius 2 is 2.12 bits per heavy atom. The van der Waals surface area contributed by atoms with E-state index in [1.165, 1.54) is 25.7 Å². The van der Waals surface area contributed by atoms with Crippen LogP contribution in [-0.4, -0.2) is 23.1 Å². The van der Waals surface area contributed by atoms with Gasteiger partial charge in [-0.3, -0.25) is 0 Å². The van der Waals surface area contributed by atoms with Crippen molar-refractivity contribution in [2.24, 2.45) is 5.92 Å². The van der Waals surface area contributed by atoms with Crippen LogP contribution in [0.25, 0.3) is 0 Å². The topological polar surface area (TPSA) is 73.1 Å². The third-order valence-corrected chi connectivity index (χ3v) is 3.41. The molecule has 1 atom stereocenters. The van der Waals surface area contributed by atoms with Gasteiger partial charge in [-0.1, -0.05) is 12.8 Å². The average molecular weight is 236 g/mol. The minimum Gasteiger partial charge on any atom is -0.481 e. The Hall–Kier alpha value is -1.52. The summed E-state index contributed by atoms with van der Waals surface area (Å²) < 4.78 is 5.07. The van der Waals surface area contributed by atoms with Gasteiger partial charge in [-0.2, -0.15) is 9.97 Å². The number of anilines is 2. The fourth-order valence-electron chi connectivity index (χ4n) is 2.43. The van der Waals surface area contributed by atoms with E-state index in [-0.39, 0.29) is 5.95 Å². The van der Waals surface area contributed by atoms with Gasteiger partial charge in [0, 0.05) is 12.1 Å². The lowest BCUT2D eigenvalue weighted by molar-refractivity contribution is 0.397. The highest BCUT2D eigenvalue weighted by atomic mass is 16.5. The van der Waals surface area contributed by atoms with E-state index >= 15 is 0 Å². The zero-order valence-corrected chi connectivity index (χ0v) is 10.4. The van der Waals surface area contributed by atoms with Crippen molar-refractivity contribution in [3.05, 3.63) is 6.07 Å². The van der Waals surface area contributed by atoms with E-state index in [9.17, 15) is 0 Å². The molecule has 0 aliphatic heterocycles. The van der Waals surface area contributed by atoms with E-state index in [1.807, 2.05) is 0 Å². The molecule has 94 valence electrons. The summed E-state index contributed by atoms with van der Waals surface area (Å²) in [7, 11) is 1.58. The fraction of sp³-hybridized carbons (Fsp3) is 0.667. The van der Waals surface area contributed by atoms with Crippen LogP contribution in [0.3, 0.4) is 0 Å². The Morgan fingerprint density at radius 3 is 2.76 bits per heavy atom. The minimum absolute atomic E-state index is 0.241. The van der Waals surface area contributed by atoms with E-state index in [2.05, 4.69) is 22.2 Å². The summed E-state index contributed by atoms with van der Waals surface area (Å²) in [5.41, 5.74) is 5.62. The molecule has 0 spiro atoms. The smallest absolute Gasteiger partial charge is 0.225 e. The quantitative estimate of drug-likeness (QED) is 0.837. The van der Waals surface area contributed by atoms with E-state index in [0.717, 1.165) is 11.7 Å². The monoisotopic (exact) mass is 236 g/mol. The molecule has 1 heterocycles. The van der Waals surface area contributed by atoms with Gasteiger partial charge in [-0.15, -0.1) is 0 Å². The molecule has 1 aromatic heterocycles. The van der Waals surface area contributed by atoms with Crippen LogP contribution in [0.4, 0.5) is 11.8 Å². The molecule has 0 saturated heterocycles. The Kier molecular flexibility index (Phi) is 3.66. The molecular weight excluding hydrogens is 216 g/mol. The normalized spacial score (nSPS) is 18.0. The van der Waals surface area contributed by atoms with Crippen LogP contribution in [0.2, 0.25) is 0 Å². The molecule has 1 saturated carbocycles. The van der Waals surface area contributed by atoms with Crippen LogP contribution in [-0.2, 0) is 0 Å². The highest BCUT2D eigenvalue weighted by Gasteiger charge is 2.21. The van der Waals surface area contributed by atoms with Crippen molar-refractivity contribution in [1.82, 2.24) is 9.97 Å². The van der Waals surface area contributed by atoms with Crippen molar-refractivity contribution < 1.29 is 4.74 Å². The fourth-order valence-corrected chi connectivity index (χ4v) is 2.43. The van der Waals surface area contributed by atoms with Crippen molar-refractivity contribution in [2.75, 3.05) is 18.2 Å². The summed E-state index contributed by atoms with van der Waals surface area (Å²) in [6.45, 7) is 2.20. The number of nitrogens with one attached hydrogen (secondary N) is 1. The minimum atomic E-state index is 0.241. The van der Waals surface area contributed by atoms with E-state index in [1.54, 1.807) is 13.2 Å². The predicted octanol–water partition coefficient (Wildman–Crippen LogP) is 2.06. The maximum absolute atomic E-state index is 5.62. The van der Waals surface area contributed by atoms with Crippen molar-refractivity contribution in [3.63, 3.8) is 0 Å². The van der Waals surface area contributed by atoms with Crippen LogP contribution < -0.4 is 15.8 Å². The van der Waals surface area contributed by atoms with Crippen LogP contribution >= 0.6 is 0 Å². The van der Waals surface area contributed by atoms with Gasteiger partial charge in [0.25, 0.3) is 0 Å². The van der Waals surface area contributed by atoms with E-state index in [0.29, 0.717) is 11.9 Å². The van der Waals surface area contributed by atoms with Gasteiger partial charge in [-0.05, 0) is 25.7 Å². The SMILES string of the molecule is COc1cc(NC(C)C2CCCC2)nc(N)n1. The number of methoxy groups -OCH3 is 1. The lowest BCUT2D eigenvalue weighted by Crippen LogP contribution is -2.24. The molecule has 0 bridgehead atoms. The second kappa shape index (κ2) is 5.21. The molecule has 0 amide bonds. The first-order chi connectivity index (χ1) is 8.19. The molecule has 5 heteroatoms. The average Bonchev–Trinajstić information content (AvgIpc) is 2.81. The Balaban J connectivity index is 2.04. The standard InChI is InChI=1S/C12H20N4O/c1-8(9-5-3-4-6-9)14-10-7-11(17-2)16-12(13)15-10/h7-9H,3-6H2,1-2H3,(H3,13,14,15,16). The number of hydrogen-bond acceptors (Lipinski definition) is 5. The molecule has 0 aromatic carbocycles. The number of nitrogens with two attached hydrogens (primary N) is 1. The Labute approximate surface area is 102 Å². The van der Waals surface area contributed by atoms with Gasteiger partial charge in [0.15, 0.2) is 0 Å². The maximum atomic E-state index is 5.62. The molecule has 1 aliphatic carbocycles. The van der Waals surface area contributed by atoms with Crippen LogP contribution in [0.1, 0.15) is 32.6 Å². The molecule has 0 radical (unpaired) electrons. The van der Waals surface area contributed by atoms with Crippen molar-refractivity contribution >= 4 is 11.8 Å². The molecule has 1 fully saturated rings. The summed E-state index contributed by atoms with van der Waals surface area (Å²) in [4.78, 5) is 8.13. The Bertz CT molecular complexity index is 377. The number of nitrogens with zero attached hydrogens (tertiary/aromatic N) is 2. The number of aromatic nitrogens is 2. The van der Waals surface area contributed by atoms with Crippen molar-refractivity contribution in [3.8, 4) is 5.88 Å². The third-order valence-electron chi connectivity index (χ3n) is 3.41. The highest BCUT2D eigenvalue weighted by Crippen LogP contribution is 2.29. The van der Waals surface area contributed by atoms with Crippen molar-refractivity contribution in [1.29, 1.82) is 0 Å². The lowest BCUT2D eigenvalue weighted by atomic mass is 10.00. The van der Waals surface area contributed by atoms with E-state index in [4.69, 9.17) is 10.5 Å². The summed E-state index contributed by atoms with van der Waals surface area (Å²) >= 11 is 0. The maximum Gasteiger partial charge on any atom is 0.225 e. The molecule has 17 heavy (non-hydrogen) atoms. The zero-order chi connectivity index (χ0) is 12.3. The summed E-state index contributed by atoms with van der Waals surface area (Å²) in [5, 5.41) is 3.39. The predicted molar refractivity (Wildman–Crippen MR) is 68.0 cm³/mol. The number of ether oxygens (including phenoxy) is 1. The number of nitrogen functional groups attached to an aromatic ring is 1. The second-order valence-corrected chi connectivity index (χ2v) is 4.63. The molecule has 1 aliphatic rings. The zero-order valence-electron chi connectivity index (χ0n) is 10.4. The molecule has 2 rings (SSSR count). The molecule has 1 aromatic rings. The third kappa shape index (κ3) is 2.99. The molecule has 3 N–H and O–H groups in total. The van der Waals surface area contributed by atoms with Crippen molar-refractivity contribution in [2.45, 2.75) is 38.6 Å². The summed E-state index contributed by atoms with van der Waals surface area (Å²) in [5.74, 6) is 2.22.